The van der Waals surface area contributed by atoms with Crippen LogP contribution in [-0.4, -0.2) is 43.6 Å². The molecule has 0 bridgehead atoms. The van der Waals surface area contributed by atoms with Crippen LogP contribution in [0.5, 0.6) is 0 Å². The van der Waals surface area contributed by atoms with Crippen LogP contribution in [0.25, 0.3) is 10.9 Å². The number of H-pyrrole nitrogens is 1. The minimum atomic E-state index is 0.0804. The first-order valence-electron chi connectivity index (χ1n) is 7.52. The summed E-state index contributed by atoms with van der Waals surface area (Å²) < 4.78 is 2.10. The number of rotatable bonds is 2. The number of carbonyl (C=O) groups is 1. The second kappa shape index (κ2) is 5.29. The van der Waals surface area contributed by atoms with Gasteiger partial charge in [0.1, 0.15) is 0 Å². The molecule has 1 fully saturated rings. The Balaban J connectivity index is 1.61. The molecule has 3 heterocycles. The first kappa shape index (κ1) is 13.1. The van der Waals surface area contributed by atoms with Crippen molar-refractivity contribution in [2.75, 3.05) is 13.1 Å². The molecule has 1 atom stereocenters. The van der Waals surface area contributed by atoms with Crippen LogP contribution in [0.2, 0.25) is 0 Å². The van der Waals surface area contributed by atoms with E-state index in [9.17, 15) is 4.79 Å². The molecule has 1 aromatic carbocycles. The van der Waals surface area contributed by atoms with E-state index in [0.717, 1.165) is 42.4 Å². The minimum absolute atomic E-state index is 0.0804. The Hall–Kier alpha value is -2.63. The summed E-state index contributed by atoms with van der Waals surface area (Å²) in [7, 11) is 0. The fourth-order valence-electron chi connectivity index (χ4n) is 3.19. The van der Waals surface area contributed by atoms with Crippen LogP contribution < -0.4 is 0 Å². The predicted octanol–water partition coefficient (Wildman–Crippen LogP) is 2.24. The van der Waals surface area contributed by atoms with Gasteiger partial charge in [-0.05, 0) is 25.0 Å². The molecule has 6 heteroatoms. The second-order valence-corrected chi connectivity index (χ2v) is 5.69. The smallest absolute Gasteiger partial charge is 0.254 e. The molecule has 1 aliphatic rings. The quantitative estimate of drug-likeness (QED) is 0.788. The molecule has 3 aromatic rings. The van der Waals surface area contributed by atoms with Gasteiger partial charge in [-0.2, -0.15) is 5.10 Å². The molecule has 0 radical (unpaired) electrons. The van der Waals surface area contributed by atoms with Gasteiger partial charge in [-0.25, -0.2) is 4.98 Å². The molecule has 1 saturated heterocycles. The highest BCUT2D eigenvalue weighted by Crippen LogP contribution is 2.24. The minimum Gasteiger partial charge on any atom is -0.337 e. The Kier molecular flexibility index (Phi) is 3.14. The summed E-state index contributed by atoms with van der Waals surface area (Å²) in [5.74, 6) is 0.0804. The summed E-state index contributed by atoms with van der Waals surface area (Å²) in [6.07, 6.45) is 9.39. The van der Waals surface area contributed by atoms with Crippen molar-refractivity contribution in [3.63, 3.8) is 0 Å². The fraction of sp³-hybridized carbons (Fsp3) is 0.312. The molecule has 1 aliphatic heterocycles. The molecule has 0 spiro atoms. The maximum Gasteiger partial charge on any atom is 0.254 e. The molecule has 112 valence electrons. The summed E-state index contributed by atoms with van der Waals surface area (Å²) in [5, 5.41) is 7.84. The highest BCUT2D eigenvalue weighted by molar-refractivity contribution is 6.06. The number of aromatic nitrogens is 4. The lowest BCUT2D eigenvalue weighted by atomic mass is 10.0. The van der Waals surface area contributed by atoms with Crippen molar-refractivity contribution in [2.24, 2.45) is 0 Å². The van der Waals surface area contributed by atoms with Crippen molar-refractivity contribution >= 4 is 16.8 Å². The van der Waals surface area contributed by atoms with E-state index < -0.39 is 0 Å². The molecule has 0 aliphatic carbocycles. The Labute approximate surface area is 127 Å². The van der Waals surface area contributed by atoms with Crippen molar-refractivity contribution in [3.05, 3.63) is 48.7 Å². The van der Waals surface area contributed by atoms with Gasteiger partial charge in [0, 0.05) is 30.9 Å². The van der Waals surface area contributed by atoms with Crippen molar-refractivity contribution in [1.29, 1.82) is 0 Å². The Morgan fingerprint density at radius 1 is 1.36 bits per heavy atom. The van der Waals surface area contributed by atoms with Crippen molar-refractivity contribution in [1.82, 2.24) is 24.6 Å². The van der Waals surface area contributed by atoms with Gasteiger partial charge in [-0.3, -0.25) is 9.89 Å². The van der Waals surface area contributed by atoms with Crippen LogP contribution >= 0.6 is 0 Å². The van der Waals surface area contributed by atoms with E-state index >= 15 is 0 Å². The van der Waals surface area contributed by atoms with E-state index in [1.807, 2.05) is 35.6 Å². The number of hydrogen-bond donors (Lipinski definition) is 1. The monoisotopic (exact) mass is 295 g/mol. The third kappa shape index (κ3) is 2.16. The van der Waals surface area contributed by atoms with E-state index in [-0.39, 0.29) is 5.91 Å². The zero-order valence-corrected chi connectivity index (χ0v) is 12.1. The van der Waals surface area contributed by atoms with Crippen LogP contribution in [0, 0.1) is 0 Å². The van der Waals surface area contributed by atoms with Crippen molar-refractivity contribution < 1.29 is 4.79 Å². The molecule has 0 unspecified atom stereocenters. The highest BCUT2D eigenvalue weighted by Gasteiger charge is 2.26. The normalized spacial score (nSPS) is 18.7. The van der Waals surface area contributed by atoms with Crippen LogP contribution in [0.3, 0.4) is 0 Å². The number of aromatic amines is 1. The molecular formula is C16H17N5O. The summed E-state index contributed by atoms with van der Waals surface area (Å²) in [4.78, 5) is 18.9. The zero-order chi connectivity index (χ0) is 14.9. The van der Waals surface area contributed by atoms with Crippen LogP contribution in [-0.2, 0) is 0 Å². The first-order valence-corrected chi connectivity index (χ1v) is 7.52. The van der Waals surface area contributed by atoms with E-state index in [4.69, 9.17) is 0 Å². The van der Waals surface area contributed by atoms with Gasteiger partial charge in [0.2, 0.25) is 0 Å². The van der Waals surface area contributed by atoms with Gasteiger partial charge in [0.25, 0.3) is 5.91 Å². The number of carbonyl (C=O) groups excluding carboxylic acids is 1. The predicted molar refractivity (Wildman–Crippen MR) is 82.5 cm³/mol. The maximum absolute atomic E-state index is 12.9. The number of nitrogens with one attached hydrogen (secondary N) is 1. The maximum atomic E-state index is 12.9. The van der Waals surface area contributed by atoms with Crippen LogP contribution in [0.4, 0.5) is 0 Å². The van der Waals surface area contributed by atoms with Gasteiger partial charge in [-0.1, -0.05) is 6.07 Å². The van der Waals surface area contributed by atoms with Crippen molar-refractivity contribution in [2.45, 2.75) is 18.9 Å². The number of fused-ring (bicyclic) bond motifs is 1. The molecule has 1 amide bonds. The molecular weight excluding hydrogens is 278 g/mol. The third-order valence-corrected chi connectivity index (χ3v) is 4.35. The largest absolute Gasteiger partial charge is 0.337 e. The van der Waals surface area contributed by atoms with E-state index in [0.29, 0.717) is 6.04 Å². The van der Waals surface area contributed by atoms with Gasteiger partial charge in [-0.15, -0.1) is 0 Å². The number of benzene rings is 1. The lowest BCUT2D eigenvalue weighted by Gasteiger charge is -2.33. The standard InChI is InChI=1S/C16H17N5O/c22-16(13-4-1-5-15-14(13)9-18-19-15)20-7-2-3-12(10-20)21-8-6-17-11-21/h1,4-6,8-9,11-12H,2-3,7,10H2,(H,18,19)/t12-/m1/s1. The number of imidazole rings is 1. The van der Waals surface area contributed by atoms with Gasteiger partial charge in [0.15, 0.2) is 0 Å². The van der Waals surface area contributed by atoms with Crippen LogP contribution in [0.15, 0.2) is 43.1 Å². The third-order valence-electron chi connectivity index (χ3n) is 4.35. The first-order chi connectivity index (χ1) is 10.8. The number of piperidine rings is 1. The molecule has 2 aromatic heterocycles. The summed E-state index contributed by atoms with van der Waals surface area (Å²) >= 11 is 0. The summed E-state index contributed by atoms with van der Waals surface area (Å²) in [6, 6.07) is 6.01. The summed E-state index contributed by atoms with van der Waals surface area (Å²) in [5.41, 5.74) is 1.62. The second-order valence-electron chi connectivity index (χ2n) is 5.69. The van der Waals surface area contributed by atoms with E-state index in [1.54, 1.807) is 12.4 Å². The van der Waals surface area contributed by atoms with E-state index in [1.165, 1.54) is 0 Å². The Morgan fingerprint density at radius 3 is 3.18 bits per heavy atom. The number of amides is 1. The van der Waals surface area contributed by atoms with Gasteiger partial charge >= 0.3 is 0 Å². The topological polar surface area (TPSA) is 66.8 Å². The molecule has 4 rings (SSSR count). The SMILES string of the molecule is O=C(c1cccc2[nH]ncc12)N1CCC[C@@H](n2ccnc2)C1. The zero-order valence-electron chi connectivity index (χ0n) is 12.1. The average Bonchev–Trinajstić information content (AvgIpc) is 3.25. The average molecular weight is 295 g/mol. The lowest BCUT2D eigenvalue weighted by molar-refractivity contribution is 0.0681. The Morgan fingerprint density at radius 2 is 2.32 bits per heavy atom. The molecule has 22 heavy (non-hydrogen) atoms. The molecule has 6 nitrogen and oxygen atoms in total. The van der Waals surface area contributed by atoms with Gasteiger partial charge in [0.05, 0.1) is 29.6 Å². The molecule has 1 N–H and O–H groups in total. The van der Waals surface area contributed by atoms with Crippen molar-refractivity contribution in [3.8, 4) is 0 Å². The number of likely N-dealkylation sites (tertiary alicyclic amines) is 1. The van der Waals surface area contributed by atoms with Gasteiger partial charge < -0.3 is 9.47 Å². The number of hydrogen-bond acceptors (Lipinski definition) is 3. The number of nitrogens with zero attached hydrogens (tertiary/aromatic N) is 4. The highest BCUT2D eigenvalue weighted by atomic mass is 16.2. The fourth-order valence-corrected chi connectivity index (χ4v) is 3.19. The molecule has 0 saturated carbocycles. The lowest BCUT2D eigenvalue weighted by Crippen LogP contribution is -2.40. The Bertz CT molecular complexity index is 792. The summed E-state index contributed by atoms with van der Waals surface area (Å²) in [6.45, 7) is 1.53. The van der Waals surface area contributed by atoms with E-state index in [2.05, 4.69) is 19.7 Å². The van der Waals surface area contributed by atoms with Crippen LogP contribution in [0.1, 0.15) is 29.2 Å².